The Bertz CT molecular complexity index is 319. The Balaban J connectivity index is 3.09. The molecule has 1 N–H and O–H groups in total. The molecule has 3 nitrogen and oxygen atoms in total. The molecule has 0 heterocycles. The van der Waals surface area contributed by atoms with Crippen LogP contribution in [0.15, 0.2) is 30.3 Å². The lowest BCUT2D eigenvalue weighted by Gasteiger charge is -2.36. The zero-order valence-corrected chi connectivity index (χ0v) is 11.0. The predicted molar refractivity (Wildman–Crippen MR) is 67.6 cm³/mol. The van der Waals surface area contributed by atoms with Gasteiger partial charge in [0, 0.05) is 14.2 Å². The van der Waals surface area contributed by atoms with E-state index in [1.54, 1.807) is 14.2 Å². The first kappa shape index (κ1) is 14.2. The average Bonchev–Trinajstić information content (AvgIpc) is 2.30. The van der Waals surface area contributed by atoms with Crippen molar-refractivity contribution in [2.75, 3.05) is 14.2 Å². The molecule has 1 rings (SSSR count). The quantitative estimate of drug-likeness (QED) is 0.774. The van der Waals surface area contributed by atoms with Crippen LogP contribution < -0.4 is 0 Å². The summed E-state index contributed by atoms with van der Waals surface area (Å²) in [6.45, 7) is 4.13. The van der Waals surface area contributed by atoms with E-state index in [1.165, 1.54) is 0 Å². The smallest absolute Gasteiger partial charge is 0.189 e. The Labute approximate surface area is 103 Å². The van der Waals surface area contributed by atoms with E-state index in [0.29, 0.717) is 12.3 Å². The van der Waals surface area contributed by atoms with Gasteiger partial charge in [0.15, 0.2) is 6.29 Å². The summed E-state index contributed by atoms with van der Waals surface area (Å²) in [6, 6.07) is 9.53. The third-order valence-corrected chi connectivity index (χ3v) is 2.81. The molecule has 0 bridgehead atoms. The first-order valence-corrected chi connectivity index (χ1v) is 5.88. The summed E-state index contributed by atoms with van der Waals surface area (Å²) in [6.07, 6.45) is -0.0732. The van der Waals surface area contributed by atoms with Gasteiger partial charge < -0.3 is 14.6 Å². The number of benzene rings is 1. The number of hydrogen-bond donors (Lipinski definition) is 1. The molecule has 3 heteroatoms. The van der Waals surface area contributed by atoms with Crippen molar-refractivity contribution in [2.45, 2.75) is 32.2 Å². The monoisotopic (exact) mass is 238 g/mol. The minimum absolute atomic E-state index is 0.341. The fraction of sp³-hybridized carbons (Fsp3) is 0.571. The van der Waals surface area contributed by atoms with E-state index in [9.17, 15) is 5.11 Å². The second-order valence-corrected chi connectivity index (χ2v) is 4.69. The van der Waals surface area contributed by atoms with Gasteiger partial charge in [0.1, 0.15) is 5.60 Å². The van der Waals surface area contributed by atoms with Crippen LogP contribution in [0.5, 0.6) is 0 Å². The number of aliphatic hydroxyl groups is 1. The van der Waals surface area contributed by atoms with E-state index in [4.69, 9.17) is 9.47 Å². The highest BCUT2D eigenvalue weighted by Crippen LogP contribution is 2.33. The van der Waals surface area contributed by atoms with E-state index >= 15 is 0 Å². The van der Waals surface area contributed by atoms with Gasteiger partial charge in [0.2, 0.25) is 0 Å². The van der Waals surface area contributed by atoms with Crippen molar-refractivity contribution < 1.29 is 14.6 Å². The first-order chi connectivity index (χ1) is 8.04. The van der Waals surface area contributed by atoms with Gasteiger partial charge in [-0.05, 0) is 17.9 Å². The third-order valence-electron chi connectivity index (χ3n) is 2.81. The topological polar surface area (TPSA) is 38.7 Å². The standard InChI is InChI=1S/C14H22O3/c1-11(2)10-14(15,13(16-3)17-4)12-8-6-5-7-9-12/h5-9,11,13,15H,10H2,1-4H3. The van der Waals surface area contributed by atoms with Crippen molar-refractivity contribution in [1.29, 1.82) is 0 Å². The van der Waals surface area contributed by atoms with Crippen molar-refractivity contribution in [3.05, 3.63) is 35.9 Å². The van der Waals surface area contributed by atoms with Gasteiger partial charge in [-0.1, -0.05) is 44.2 Å². The highest BCUT2D eigenvalue weighted by Gasteiger charge is 2.39. The van der Waals surface area contributed by atoms with E-state index < -0.39 is 11.9 Å². The second kappa shape index (κ2) is 6.15. The molecule has 1 aromatic rings. The first-order valence-electron chi connectivity index (χ1n) is 5.88. The summed E-state index contributed by atoms with van der Waals surface area (Å²) in [4.78, 5) is 0. The number of rotatable bonds is 6. The summed E-state index contributed by atoms with van der Waals surface area (Å²) >= 11 is 0. The van der Waals surface area contributed by atoms with Crippen LogP contribution in [0, 0.1) is 5.92 Å². The molecule has 1 atom stereocenters. The second-order valence-electron chi connectivity index (χ2n) is 4.69. The third kappa shape index (κ3) is 3.28. The Morgan fingerprint density at radius 3 is 2.06 bits per heavy atom. The molecule has 0 saturated heterocycles. The van der Waals surface area contributed by atoms with E-state index in [1.807, 2.05) is 30.3 Å². The van der Waals surface area contributed by atoms with E-state index in [0.717, 1.165) is 5.56 Å². The number of methoxy groups -OCH3 is 2. The van der Waals surface area contributed by atoms with Crippen LogP contribution in [0.2, 0.25) is 0 Å². The van der Waals surface area contributed by atoms with E-state index in [2.05, 4.69) is 13.8 Å². The van der Waals surface area contributed by atoms with Crippen LogP contribution in [-0.2, 0) is 15.1 Å². The fourth-order valence-corrected chi connectivity index (χ4v) is 2.19. The molecule has 1 unspecified atom stereocenters. The van der Waals surface area contributed by atoms with Gasteiger partial charge in [-0.3, -0.25) is 0 Å². The summed E-state index contributed by atoms with van der Waals surface area (Å²) in [7, 11) is 3.09. The van der Waals surface area contributed by atoms with Crippen molar-refractivity contribution >= 4 is 0 Å². The largest absolute Gasteiger partial charge is 0.380 e. The van der Waals surface area contributed by atoms with Gasteiger partial charge in [-0.25, -0.2) is 0 Å². The Morgan fingerprint density at radius 2 is 1.65 bits per heavy atom. The van der Waals surface area contributed by atoms with Crippen LogP contribution in [0.25, 0.3) is 0 Å². The molecule has 0 spiro atoms. The van der Waals surface area contributed by atoms with Crippen LogP contribution in [0.3, 0.4) is 0 Å². The summed E-state index contributed by atoms with van der Waals surface area (Å²) in [5.74, 6) is 0.341. The maximum absolute atomic E-state index is 10.9. The van der Waals surface area contributed by atoms with Crippen molar-refractivity contribution in [3.63, 3.8) is 0 Å². The summed E-state index contributed by atoms with van der Waals surface area (Å²) in [5.41, 5.74) is -0.291. The minimum Gasteiger partial charge on any atom is -0.380 e. The zero-order chi connectivity index (χ0) is 12.9. The van der Waals surface area contributed by atoms with Gasteiger partial charge in [0.05, 0.1) is 0 Å². The molecular weight excluding hydrogens is 216 g/mol. The molecular formula is C14H22O3. The molecule has 0 aliphatic heterocycles. The molecule has 0 aliphatic carbocycles. The predicted octanol–water partition coefficient (Wildman–Crippen LogP) is 2.54. The fourth-order valence-electron chi connectivity index (χ4n) is 2.19. The summed E-state index contributed by atoms with van der Waals surface area (Å²) < 4.78 is 10.5. The highest BCUT2D eigenvalue weighted by molar-refractivity contribution is 5.23. The molecule has 0 saturated carbocycles. The Morgan fingerprint density at radius 1 is 1.12 bits per heavy atom. The van der Waals surface area contributed by atoms with Crippen molar-refractivity contribution in [1.82, 2.24) is 0 Å². The molecule has 0 fully saturated rings. The molecule has 0 amide bonds. The maximum atomic E-state index is 10.9. The zero-order valence-electron chi connectivity index (χ0n) is 11.0. The van der Waals surface area contributed by atoms with Crippen molar-refractivity contribution in [3.8, 4) is 0 Å². The molecule has 0 aliphatic rings. The van der Waals surface area contributed by atoms with Gasteiger partial charge >= 0.3 is 0 Å². The van der Waals surface area contributed by atoms with Gasteiger partial charge in [-0.15, -0.1) is 0 Å². The normalized spacial score (nSPS) is 15.2. The lowest BCUT2D eigenvalue weighted by atomic mass is 9.85. The lowest BCUT2D eigenvalue weighted by Crippen LogP contribution is -2.43. The van der Waals surface area contributed by atoms with Crippen LogP contribution >= 0.6 is 0 Å². The maximum Gasteiger partial charge on any atom is 0.189 e. The molecule has 96 valence electrons. The molecule has 17 heavy (non-hydrogen) atoms. The average molecular weight is 238 g/mol. The SMILES string of the molecule is COC(OC)C(O)(CC(C)C)c1ccccc1. The Kier molecular flexibility index (Phi) is 5.12. The van der Waals surface area contributed by atoms with Gasteiger partial charge in [-0.2, -0.15) is 0 Å². The van der Waals surface area contributed by atoms with Crippen LogP contribution in [0.4, 0.5) is 0 Å². The highest BCUT2D eigenvalue weighted by atomic mass is 16.7. The van der Waals surface area contributed by atoms with E-state index in [-0.39, 0.29) is 0 Å². The summed E-state index contributed by atoms with van der Waals surface area (Å²) in [5, 5.41) is 10.9. The van der Waals surface area contributed by atoms with Gasteiger partial charge in [0.25, 0.3) is 0 Å². The van der Waals surface area contributed by atoms with Crippen LogP contribution in [0.1, 0.15) is 25.8 Å². The molecule has 0 aromatic heterocycles. The number of ether oxygens (including phenoxy) is 2. The molecule has 0 radical (unpaired) electrons. The lowest BCUT2D eigenvalue weighted by molar-refractivity contribution is -0.226. The van der Waals surface area contributed by atoms with Crippen molar-refractivity contribution in [2.24, 2.45) is 5.92 Å². The molecule has 1 aromatic carbocycles. The van der Waals surface area contributed by atoms with Crippen LogP contribution in [-0.4, -0.2) is 25.6 Å². The minimum atomic E-state index is -1.11. The number of hydrogen-bond acceptors (Lipinski definition) is 3. The Hall–Kier alpha value is -0.900.